The minimum Gasteiger partial charge on any atom is -0.225 e. The molecule has 0 spiro atoms. The van der Waals surface area contributed by atoms with Crippen LogP contribution in [0.3, 0.4) is 0 Å². The summed E-state index contributed by atoms with van der Waals surface area (Å²) < 4.78 is 129. The first-order valence-corrected chi connectivity index (χ1v) is 6.09. The van der Waals surface area contributed by atoms with Gasteiger partial charge in [-0.1, -0.05) is 18.2 Å². The first-order valence-electron chi connectivity index (χ1n) is 6.09. The number of hydrogen-bond acceptors (Lipinski definition) is 0. The van der Waals surface area contributed by atoms with Crippen molar-refractivity contribution in [1.29, 1.82) is 0 Å². The molecule has 0 aromatic heterocycles. The number of hydrogen-bond donors (Lipinski definition) is 0. The van der Waals surface area contributed by atoms with Crippen LogP contribution >= 0.6 is 0 Å². The van der Waals surface area contributed by atoms with Gasteiger partial charge in [0.1, 0.15) is 5.60 Å². The van der Waals surface area contributed by atoms with E-state index >= 15 is 0 Å². The van der Waals surface area contributed by atoms with Gasteiger partial charge in [0, 0.05) is 16.7 Å². The maximum Gasteiger partial charge on any atom is 0.458 e. The Morgan fingerprint density at radius 1 is 0.667 bits per heavy atom. The lowest BCUT2D eigenvalue weighted by molar-refractivity contribution is -0.293. The first kappa shape index (κ1) is 20.5. The number of benzene rings is 1. The third kappa shape index (κ3) is 3.31. The second-order valence-electron chi connectivity index (χ2n) is 5.38. The summed E-state index contributed by atoms with van der Waals surface area (Å²) >= 11 is 0. The maximum atomic E-state index is 13.5. The summed E-state index contributed by atoms with van der Waals surface area (Å²) in [5.74, 6) is -11.6. The van der Waals surface area contributed by atoms with Gasteiger partial charge in [0.05, 0.1) is 0 Å². The van der Waals surface area contributed by atoms with Crippen LogP contribution in [0.15, 0.2) is 18.2 Å². The second kappa shape index (κ2) is 5.50. The summed E-state index contributed by atoms with van der Waals surface area (Å²) in [5, 5.41) is 11.9. The molecular weight excluding hydrogens is 362 g/mol. The molecule has 0 aliphatic heterocycles. The Morgan fingerprint density at radius 2 is 0.958 bits per heavy atom. The lowest BCUT2D eigenvalue weighted by atomic mass is 9.83. The van der Waals surface area contributed by atoms with Crippen molar-refractivity contribution in [3.63, 3.8) is 0 Å². The van der Waals surface area contributed by atoms with Crippen LogP contribution in [0.4, 0.5) is 43.9 Å². The molecular formula is C13H9F10O. The molecule has 11 heteroatoms. The van der Waals surface area contributed by atoms with E-state index in [1.54, 1.807) is 0 Å². The summed E-state index contributed by atoms with van der Waals surface area (Å²) in [6.45, 7) is 0.822. The quantitative estimate of drug-likeness (QED) is 0.611. The molecule has 0 bridgehead atoms. The zero-order valence-corrected chi connectivity index (χ0v) is 11.9. The van der Waals surface area contributed by atoms with E-state index in [2.05, 4.69) is 0 Å². The smallest absolute Gasteiger partial charge is 0.225 e. The standard InChI is InChI=1S/C13H9F10O/c1-9(2,24)8-6(10(14,15)12(18,19)20)4-3-5-7(8)11(16,17)13(21,22)23/h3-5H,1-2H3. The van der Waals surface area contributed by atoms with Gasteiger partial charge in [-0.2, -0.15) is 43.9 Å². The molecule has 137 valence electrons. The van der Waals surface area contributed by atoms with Crippen molar-refractivity contribution in [2.24, 2.45) is 0 Å². The van der Waals surface area contributed by atoms with Crippen LogP contribution in [0.2, 0.25) is 0 Å². The van der Waals surface area contributed by atoms with Gasteiger partial charge in [-0.3, -0.25) is 0 Å². The van der Waals surface area contributed by atoms with E-state index in [-0.39, 0.29) is 18.2 Å². The van der Waals surface area contributed by atoms with Crippen LogP contribution in [0.5, 0.6) is 0 Å². The molecule has 1 aromatic carbocycles. The highest BCUT2D eigenvalue weighted by atomic mass is 19.4. The monoisotopic (exact) mass is 371 g/mol. The number of alkyl halides is 10. The molecule has 1 aromatic rings. The van der Waals surface area contributed by atoms with Gasteiger partial charge in [-0.05, 0) is 13.8 Å². The Morgan fingerprint density at radius 3 is 1.17 bits per heavy atom. The molecule has 0 saturated carbocycles. The van der Waals surface area contributed by atoms with Crippen molar-refractivity contribution in [3.05, 3.63) is 34.9 Å². The predicted molar refractivity (Wildman–Crippen MR) is 60.1 cm³/mol. The molecule has 0 heterocycles. The molecule has 0 atom stereocenters. The largest absolute Gasteiger partial charge is 0.458 e. The third-order valence-electron chi connectivity index (χ3n) is 3.06. The molecule has 0 aliphatic rings. The van der Waals surface area contributed by atoms with Gasteiger partial charge in [0.15, 0.2) is 0 Å². The normalized spacial score (nSPS) is 14.9. The van der Waals surface area contributed by atoms with E-state index in [0.29, 0.717) is 13.8 Å². The Balaban J connectivity index is 3.90. The van der Waals surface area contributed by atoms with Gasteiger partial charge < -0.3 is 0 Å². The minimum atomic E-state index is -6.29. The van der Waals surface area contributed by atoms with Gasteiger partial charge in [-0.25, -0.2) is 5.11 Å². The fourth-order valence-electron chi connectivity index (χ4n) is 2.03. The van der Waals surface area contributed by atoms with Gasteiger partial charge in [0.25, 0.3) is 0 Å². The van der Waals surface area contributed by atoms with Crippen LogP contribution in [0.25, 0.3) is 0 Å². The zero-order valence-electron chi connectivity index (χ0n) is 11.9. The Kier molecular flexibility index (Phi) is 4.70. The van der Waals surface area contributed by atoms with E-state index in [1.165, 1.54) is 0 Å². The topological polar surface area (TPSA) is 19.9 Å². The molecule has 0 amide bonds. The van der Waals surface area contributed by atoms with E-state index in [0.717, 1.165) is 0 Å². The fourth-order valence-corrected chi connectivity index (χ4v) is 2.03. The van der Waals surface area contributed by atoms with Gasteiger partial charge in [-0.15, -0.1) is 0 Å². The zero-order chi connectivity index (χ0) is 19.4. The lowest BCUT2D eigenvalue weighted by Crippen LogP contribution is -2.40. The molecule has 24 heavy (non-hydrogen) atoms. The number of rotatable bonds is 3. The van der Waals surface area contributed by atoms with Crippen LogP contribution in [0.1, 0.15) is 30.5 Å². The van der Waals surface area contributed by atoms with Crippen molar-refractivity contribution < 1.29 is 49.0 Å². The minimum absolute atomic E-state index is 0.00156. The molecule has 0 N–H and O–H groups in total. The average molecular weight is 371 g/mol. The molecule has 1 radical (unpaired) electrons. The third-order valence-corrected chi connectivity index (χ3v) is 3.06. The fraction of sp³-hybridized carbons (Fsp3) is 0.538. The molecule has 0 fully saturated rings. The van der Waals surface area contributed by atoms with Crippen molar-refractivity contribution >= 4 is 0 Å². The van der Waals surface area contributed by atoms with Crippen molar-refractivity contribution in [2.45, 2.75) is 43.6 Å². The summed E-state index contributed by atoms with van der Waals surface area (Å²) in [6, 6.07) is 0.177. The molecule has 0 saturated heterocycles. The SMILES string of the molecule is CC(C)([O])c1c(C(F)(F)C(F)(F)F)cccc1C(F)(F)C(F)(F)F. The van der Waals surface area contributed by atoms with E-state index < -0.39 is 46.5 Å². The van der Waals surface area contributed by atoms with Crippen LogP contribution in [-0.2, 0) is 22.6 Å². The second-order valence-corrected chi connectivity index (χ2v) is 5.38. The Bertz CT molecular complexity index is 562. The van der Waals surface area contributed by atoms with Gasteiger partial charge >= 0.3 is 24.2 Å². The van der Waals surface area contributed by atoms with E-state index in [9.17, 15) is 49.0 Å². The van der Waals surface area contributed by atoms with Gasteiger partial charge in [0.2, 0.25) is 0 Å². The molecule has 0 aliphatic carbocycles. The average Bonchev–Trinajstić information content (AvgIpc) is 2.34. The van der Waals surface area contributed by atoms with Crippen LogP contribution < -0.4 is 0 Å². The highest BCUT2D eigenvalue weighted by Crippen LogP contribution is 2.52. The summed E-state index contributed by atoms with van der Waals surface area (Å²) in [4.78, 5) is 0. The summed E-state index contributed by atoms with van der Waals surface area (Å²) in [7, 11) is 0. The summed E-state index contributed by atoms with van der Waals surface area (Å²) in [6.07, 6.45) is -12.6. The summed E-state index contributed by atoms with van der Waals surface area (Å²) in [5.41, 5.74) is -9.52. The lowest BCUT2D eigenvalue weighted by Gasteiger charge is -2.31. The van der Waals surface area contributed by atoms with Crippen molar-refractivity contribution in [1.82, 2.24) is 0 Å². The van der Waals surface area contributed by atoms with Crippen molar-refractivity contribution in [3.8, 4) is 0 Å². The molecule has 0 unspecified atom stereocenters. The molecule has 1 nitrogen and oxygen atoms in total. The van der Waals surface area contributed by atoms with E-state index in [1.807, 2.05) is 0 Å². The Hall–Kier alpha value is -1.52. The highest BCUT2D eigenvalue weighted by molar-refractivity contribution is 5.45. The van der Waals surface area contributed by atoms with Crippen molar-refractivity contribution in [2.75, 3.05) is 0 Å². The number of halogens is 10. The Labute approximate surface area is 128 Å². The van der Waals surface area contributed by atoms with Crippen LogP contribution in [-0.4, -0.2) is 12.4 Å². The highest BCUT2D eigenvalue weighted by Gasteiger charge is 2.64. The maximum absolute atomic E-state index is 13.5. The van der Waals surface area contributed by atoms with Crippen LogP contribution in [0, 0.1) is 0 Å². The predicted octanol–water partition coefficient (Wildman–Crippen LogP) is 5.66. The molecule has 1 rings (SSSR count). The first-order chi connectivity index (χ1) is 10.3. The van der Waals surface area contributed by atoms with E-state index in [4.69, 9.17) is 0 Å².